The first-order valence-electron chi connectivity index (χ1n) is 12.6. The Labute approximate surface area is 200 Å². The van der Waals surface area contributed by atoms with Crippen LogP contribution in [0.5, 0.6) is 5.75 Å². The number of hydrogen-bond donors (Lipinski definition) is 0. The second kappa shape index (κ2) is 13.5. The van der Waals surface area contributed by atoms with Crippen molar-refractivity contribution in [3.63, 3.8) is 0 Å². The summed E-state index contributed by atoms with van der Waals surface area (Å²) in [5, 5.41) is 0. The van der Waals surface area contributed by atoms with Crippen LogP contribution < -0.4 is 4.74 Å². The number of rotatable bonds is 7. The van der Waals surface area contributed by atoms with E-state index in [1.54, 1.807) is 0 Å². The third kappa shape index (κ3) is 8.47. The van der Waals surface area contributed by atoms with E-state index in [0.29, 0.717) is 5.75 Å². The number of carbonyl (C=O) groups is 1. The van der Waals surface area contributed by atoms with Crippen molar-refractivity contribution >= 4 is 5.97 Å². The Morgan fingerprint density at radius 1 is 0.788 bits per heavy atom. The van der Waals surface area contributed by atoms with E-state index in [-0.39, 0.29) is 11.9 Å². The van der Waals surface area contributed by atoms with Crippen molar-refractivity contribution in [2.24, 2.45) is 11.8 Å². The number of carbonyl (C=O) groups excluding carboxylic acids is 1. The molecule has 1 aliphatic rings. The van der Waals surface area contributed by atoms with Crippen molar-refractivity contribution < 1.29 is 9.53 Å². The first-order chi connectivity index (χ1) is 16.2. The molecule has 33 heavy (non-hydrogen) atoms. The van der Waals surface area contributed by atoms with Gasteiger partial charge in [0.1, 0.15) is 5.75 Å². The molecular weight excluding hydrogens is 404 g/mol. The van der Waals surface area contributed by atoms with E-state index in [9.17, 15) is 4.79 Å². The molecule has 0 atom stereocenters. The van der Waals surface area contributed by atoms with Gasteiger partial charge in [0.15, 0.2) is 0 Å². The maximum absolute atomic E-state index is 12.6. The van der Waals surface area contributed by atoms with Crippen LogP contribution in [0.4, 0.5) is 0 Å². The number of ether oxygens (including phenoxy) is 1. The highest BCUT2D eigenvalue weighted by atomic mass is 16.5. The van der Waals surface area contributed by atoms with Crippen LogP contribution in [0.3, 0.4) is 0 Å². The lowest BCUT2D eigenvalue weighted by Gasteiger charge is -2.27. The van der Waals surface area contributed by atoms with Crippen molar-refractivity contribution in [1.82, 2.24) is 0 Å². The lowest BCUT2D eigenvalue weighted by Crippen LogP contribution is -2.25. The minimum atomic E-state index is -0.0806. The summed E-state index contributed by atoms with van der Waals surface area (Å²) in [6.45, 7) is 4.38. The van der Waals surface area contributed by atoms with E-state index in [0.717, 1.165) is 61.1 Å². The van der Waals surface area contributed by atoms with Crippen molar-refractivity contribution in [3.05, 3.63) is 65.2 Å². The normalized spacial score (nSPS) is 17.3. The average molecular weight is 441 g/mol. The quantitative estimate of drug-likeness (QED) is 0.192. The van der Waals surface area contributed by atoms with Gasteiger partial charge in [-0.3, -0.25) is 4.79 Å². The fourth-order valence-electron chi connectivity index (χ4n) is 4.25. The molecule has 0 saturated heterocycles. The highest BCUT2D eigenvalue weighted by Crippen LogP contribution is 2.33. The Hall–Kier alpha value is -2.97. The molecule has 0 N–H and O–H groups in total. The number of unbranched alkanes of at least 4 members (excludes halogenated alkanes) is 3. The van der Waals surface area contributed by atoms with E-state index in [2.05, 4.69) is 37.5 Å². The zero-order valence-electron chi connectivity index (χ0n) is 20.2. The van der Waals surface area contributed by atoms with E-state index < -0.39 is 0 Å². The van der Waals surface area contributed by atoms with Crippen molar-refractivity contribution in [1.29, 1.82) is 0 Å². The predicted molar refractivity (Wildman–Crippen MR) is 136 cm³/mol. The number of hydrogen-bond acceptors (Lipinski definition) is 2. The Morgan fingerprint density at radius 2 is 1.36 bits per heavy atom. The van der Waals surface area contributed by atoms with Crippen LogP contribution in [-0.2, 0) is 4.79 Å². The molecule has 0 bridgehead atoms. The molecule has 0 heterocycles. The molecule has 0 aromatic heterocycles. The number of esters is 1. The van der Waals surface area contributed by atoms with E-state index in [4.69, 9.17) is 4.74 Å². The number of benzene rings is 2. The minimum Gasteiger partial charge on any atom is -0.426 e. The monoisotopic (exact) mass is 440 g/mol. The summed E-state index contributed by atoms with van der Waals surface area (Å²) in [4.78, 5) is 12.6. The lowest BCUT2D eigenvalue weighted by molar-refractivity contribution is -0.140. The molecule has 1 saturated carbocycles. The van der Waals surface area contributed by atoms with Crippen molar-refractivity contribution in [3.8, 4) is 29.4 Å². The molecule has 0 spiro atoms. The first kappa shape index (κ1) is 24.7. The van der Waals surface area contributed by atoms with Crippen LogP contribution in [-0.4, -0.2) is 5.97 Å². The molecule has 0 amide bonds. The second-order valence-electron chi connectivity index (χ2n) is 9.04. The van der Waals surface area contributed by atoms with Gasteiger partial charge in [-0.15, -0.1) is 0 Å². The molecule has 1 aliphatic carbocycles. The third-order valence-electron chi connectivity index (χ3n) is 6.31. The topological polar surface area (TPSA) is 26.3 Å². The fraction of sp³-hybridized carbons (Fsp3) is 0.452. The van der Waals surface area contributed by atoms with Crippen LogP contribution in [0.1, 0.15) is 94.7 Å². The molecule has 2 aromatic rings. The summed E-state index contributed by atoms with van der Waals surface area (Å²) >= 11 is 0. The van der Waals surface area contributed by atoms with Gasteiger partial charge in [0.25, 0.3) is 0 Å². The van der Waals surface area contributed by atoms with E-state index in [1.807, 2.05) is 48.5 Å². The van der Waals surface area contributed by atoms with Crippen LogP contribution in [0.15, 0.2) is 48.5 Å². The second-order valence-corrected chi connectivity index (χ2v) is 9.04. The molecule has 0 aliphatic heterocycles. The summed E-state index contributed by atoms with van der Waals surface area (Å²) in [6.07, 6.45) is 11.5. The maximum Gasteiger partial charge on any atom is 0.314 e. The summed E-state index contributed by atoms with van der Waals surface area (Å²) < 4.78 is 5.66. The summed E-state index contributed by atoms with van der Waals surface area (Å²) in [6, 6.07) is 15.5. The van der Waals surface area contributed by atoms with Gasteiger partial charge >= 0.3 is 5.97 Å². The third-order valence-corrected chi connectivity index (χ3v) is 6.31. The maximum atomic E-state index is 12.6. The molecule has 2 nitrogen and oxygen atoms in total. The predicted octanol–water partition coefficient (Wildman–Crippen LogP) is 7.53. The standard InChI is InChI=1S/C31H36O2/c1-3-5-7-9-25-11-13-27(14-12-25)15-16-28-19-23-30(24-20-28)33-31(32)29-21-17-26(18-22-29)10-8-6-4-2/h11-14,19-20,23-24,26,29H,3-6,8,10,17-18,21-22H2,1-2H3/t26-,29-. The van der Waals surface area contributed by atoms with Crippen LogP contribution in [0.25, 0.3) is 0 Å². The summed E-state index contributed by atoms with van der Waals surface area (Å²) in [5.74, 6) is 14.0. The zero-order valence-corrected chi connectivity index (χ0v) is 20.2. The highest BCUT2D eigenvalue weighted by molar-refractivity contribution is 5.75. The largest absolute Gasteiger partial charge is 0.426 e. The van der Waals surface area contributed by atoms with Gasteiger partial charge < -0.3 is 4.74 Å². The Bertz CT molecular complexity index is 985. The van der Waals surface area contributed by atoms with Crippen LogP contribution in [0.2, 0.25) is 0 Å². The van der Waals surface area contributed by atoms with Crippen LogP contribution in [0, 0.1) is 35.5 Å². The first-order valence-corrected chi connectivity index (χ1v) is 12.6. The lowest BCUT2D eigenvalue weighted by atomic mass is 9.80. The molecule has 0 unspecified atom stereocenters. The van der Waals surface area contributed by atoms with E-state index in [1.165, 1.54) is 25.7 Å². The van der Waals surface area contributed by atoms with Gasteiger partial charge in [0.05, 0.1) is 5.92 Å². The van der Waals surface area contributed by atoms with Gasteiger partial charge in [0, 0.05) is 23.1 Å². The van der Waals surface area contributed by atoms with Crippen LogP contribution >= 0.6 is 0 Å². The van der Waals surface area contributed by atoms with E-state index >= 15 is 0 Å². The Balaban J connectivity index is 1.47. The SMILES string of the molecule is CCCC#Cc1ccc(C#Cc2ccc(OC(=O)[C@H]3CC[C@H](CCCCC)CC3)cc2)cc1. The van der Waals surface area contributed by atoms with Gasteiger partial charge in [-0.2, -0.15) is 0 Å². The molecule has 0 radical (unpaired) electrons. The van der Waals surface area contributed by atoms with Gasteiger partial charge in [-0.1, -0.05) is 63.2 Å². The minimum absolute atomic E-state index is 0.0431. The molecule has 2 heteroatoms. The smallest absolute Gasteiger partial charge is 0.314 e. The van der Waals surface area contributed by atoms with Gasteiger partial charge in [-0.05, 0) is 86.6 Å². The van der Waals surface area contributed by atoms with Gasteiger partial charge in [0.2, 0.25) is 0 Å². The summed E-state index contributed by atoms with van der Waals surface area (Å²) in [7, 11) is 0. The zero-order chi connectivity index (χ0) is 23.3. The fourth-order valence-corrected chi connectivity index (χ4v) is 4.25. The molecule has 3 rings (SSSR count). The Morgan fingerprint density at radius 3 is 1.94 bits per heavy atom. The molecule has 1 fully saturated rings. The molecule has 172 valence electrons. The molecular formula is C31H36O2. The Kier molecular flexibility index (Phi) is 10.1. The average Bonchev–Trinajstić information content (AvgIpc) is 2.85. The van der Waals surface area contributed by atoms with Gasteiger partial charge in [-0.25, -0.2) is 0 Å². The highest BCUT2D eigenvalue weighted by Gasteiger charge is 2.27. The van der Waals surface area contributed by atoms with Crippen molar-refractivity contribution in [2.45, 2.75) is 78.1 Å². The van der Waals surface area contributed by atoms with Crippen molar-refractivity contribution in [2.75, 3.05) is 0 Å². The summed E-state index contributed by atoms with van der Waals surface area (Å²) in [5.41, 5.74) is 2.87. The molecule has 2 aromatic carbocycles.